The van der Waals surface area contributed by atoms with Crippen LogP contribution in [0.4, 0.5) is 0 Å². The van der Waals surface area contributed by atoms with Gasteiger partial charge in [-0.1, -0.05) is 29.3 Å². The quantitative estimate of drug-likeness (QED) is 0.290. The van der Waals surface area contributed by atoms with E-state index in [0.717, 1.165) is 52.2 Å². The molecule has 180 valence electrons. The van der Waals surface area contributed by atoms with Crippen LogP contribution in [0.25, 0.3) is 10.8 Å². The lowest BCUT2D eigenvalue weighted by molar-refractivity contribution is 0.224. The molecule has 1 fully saturated rings. The molecule has 0 amide bonds. The molecule has 0 unspecified atom stereocenters. The van der Waals surface area contributed by atoms with Gasteiger partial charge < -0.3 is 4.90 Å². The van der Waals surface area contributed by atoms with Gasteiger partial charge in [-0.05, 0) is 67.2 Å². The summed E-state index contributed by atoms with van der Waals surface area (Å²) in [7, 11) is -0.430. The molecule has 0 saturated carbocycles. The van der Waals surface area contributed by atoms with Gasteiger partial charge in [0.05, 0.1) is 10.0 Å². The van der Waals surface area contributed by atoms with E-state index in [1.807, 2.05) is 36.2 Å². The molecule has 3 aromatic rings. The minimum absolute atomic E-state index is 0.0383. The summed E-state index contributed by atoms with van der Waals surface area (Å²) in [5, 5.41) is 3.61. The lowest BCUT2D eigenvalue weighted by atomic mass is 10.1. The first kappa shape index (κ1) is 25.3. The summed E-state index contributed by atoms with van der Waals surface area (Å²) < 4.78 is 28.9. The molecule has 2 heterocycles. The van der Waals surface area contributed by atoms with E-state index in [4.69, 9.17) is 23.2 Å². The van der Waals surface area contributed by atoms with Crippen LogP contribution in [0.2, 0.25) is 10.0 Å². The number of piperidine rings is 1. The van der Waals surface area contributed by atoms with Gasteiger partial charge in [-0.3, -0.25) is 9.88 Å². The third-order valence-electron chi connectivity index (χ3n) is 5.62. The molecule has 10 heteroatoms. The van der Waals surface area contributed by atoms with Gasteiger partial charge in [0.2, 0.25) is 0 Å². The van der Waals surface area contributed by atoms with Crippen molar-refractivity contribution >= 4 is 62.1 Å². The highest BCUT2D eigenvalue weighted by atomic mass is 35.5. The van der Waals surface area contributed by atoms with Crippen LogP contribution in [0, 0.1) is 0 Å². The maximum Gasteiger partial charge on any atom is 0.285 e. The number of fused-ring (bicyclic) bond motifs is 1. The number of hydrogen-bond donors (Lipinski definition) is 0. The Kier molecular flexibility index (Phi) is 8.05. The molecule has 1 aliphatic heterocycles. The number of likely N-dealkylation sites (tertiary alicyclic amines) is 1. The molecule has 0 spiro atoms. The van der Waals surface area contributed by atoms with Crippen molar-refractivity contribution in [2.45, 2.75) is 34.4 Å². The van der Waals surface area contributed by atoms with E-state index in [1.165, 1.54) is 6.34 Å². The van der Waals surface area contributed by atoms with E-state index in [-0.39, 0.29) is 9.92 Å². The Hall–Kier alpha value is -1.84. The molecule has 0 aliphatic carbocycles. The first-order valence-corrected chi connectivity index (χ1v) is 14.0. The first-order valence-electron chi connectivity index (χ1n) is 10.9. The summed E-state index contributed by atoms with van der Waals surface area (Å²) in [6, 6.07) is 11.3. The van der Waals surface area contributed by atoms with Crippen molar-refractivity contribution in [1.29, 1.82) is 0 Å². The summed E-state index contributed by atoms with van der Waals surface area (Å²) in [5.74, 6) is 0. The second-order valence-electron chi connectivity index (χ2n) is 8.52. The number of nitrogens with zero attached hydrogens (tertiary/aromatic N) is 4. The zero-order chi connectivity index (χ0) is 24.3. The van der Waals surface area contributed by atoms with Crippen LogP contribution >= 0.6 is 35.0 Å². The third-order valence-corrected chi connectivity index (χ3v) is 9.14. The lowest BCUT2D eigenvalue weighted by Gasteiger charge is -2.32. The van der Waals surface area contributed by atoms with Crippen molar-refractivity contribution in [2.75, 3.05) is 27.2 Å². The van der Waals surface area contributed by atoms with Crippen molar-refractivity contribution in [3.05, 3.63) is 64.4 Å². The Balaban J connectivity index is 1.39. The van der Waals surface area contributed by atoms with E-state index < -0.39 is 10.0 Å². The molecular weight excluding hydrogens is 511 g/mol. The Morgan fingerprint density at radius 1 is 1.12 bits per heavy atom. The molecule has 1 aromatic heterocycles. The van der Waals surface area contributed by atoms with Crippen molar-refractivity contribution < 1.29 is 8.42 Å². The zero-order valence-corrected chi connectivity index (χ0v) is 22.1. The van der Waals surface area contributed by atoms with Gasteiger partial charge in [0.25, 0.3) is 10.0 Å². The van der Waals surface area contributed by atoms with Gasteiger partial charge in [0.1, 0.15) is 11.2 Å². The summed E-state index contributed by atoms with van der Waals surface area (Å²) in [4.78, 5) is 9.21. The average Bonchev–Trinajstić information content (AvgIpc) is 2.81. The van der Waals surface area contributed by atoms with Crippen molar-refractivity contribution in [1.82, 2.24) is 14.8 Å². The number of pyridine rings is 1. The fraction of sp³-hybridized carbons (Fsp3) is 0.333. The van der Waals surface area contributed by atoms with Gasteiger partial charge in [0, 0.05) is 48.6 Å². The number of hydrogen-bond acceptors (Lipinski definition) is 5. The van der Waals surface area contributed by atoms with Gasteiger partial charge in [0.15, 0.2) is 0 Å². The highest BCUT2D eigenvalue weighted by Gasteiger charge is 2.23. The minimum atomic E-state index is -3.85. The van der Waals surface area contributed by atoms with Crippen molar-refractivity contribution in [3.8, 4) is 0 Å². The fourth-order valence-corrected chi connectivity index (χ4v) is 6.79. The SMILES string of the molecule is CN(C)C=NS(=O)(=O)c1cc(CN2CCC(Sc3cc4ccncc4cc3Cl)CC2)ccc1Cl. The van der Waals surface area contributed by atoms with Crippen LogP contribution < -0.4 is 0 Å². The Morgan fingerprint density at radius 3 is 2.62 bits per heavy atom. The number of aromatic nitrogens is 1. The summed E-state index contributed by atoms with van der Waals surface area (Å²) >= 11 is 14.6. The molecule has 0 radical (unpaired) electrons. The Labute approximate surface area is 215 Å². The van der Waals surface area contributed by atoms with E-state index in [9.17, 15) is 8.42 Å². The summed E-state index contributed by atoms with van der Waals surface area (Å²) in [5.41, 5.74) is 0.903. The monoisotopic (exact) mass is 536 g/mol. The van der Waals surface area contributed by atoms with Crippen LogP contribution in [0.1, 0.15) is 18.4 Å². The largest absolute Gasteiger partial charge is 0.368 e. The number of rotatable bonds is 7. The molecule has 1 saturated heterocycles. The fourth-order valence-electron chi connectivity index (χ4n) is 3.86. The molecule has 0 N–H and O–H groups in total. The highest BCUT2D eigenvalue weighted by molar-refractivity contribution is 8.00. The normalized spacial score (nSPS) is 15.9. The van der Waals surface area contributed by atoms with E-state index in [2.05, 4.69) is 20.3 Å². The molecule has 34 heavy (non-hydrogen) atoms. The minimum Gasteiger partial charge on any atom is -0.368 e. The summed E-state index contributed by atoms with van der Waals surface area (Å²) in [6.45, 7) is 2.52. The molecule has 6 nitrogen and oxygen atoms in total. The standard InChI is InChI=1S/C24H26Cl2N4O2S2/c1-29(2)16-28-34(31,32)24-11-17(3-4-21(24)25)15-30-9-6-20(7-10-30)33-23-13-18-5-8-27-14-19(18)12-22(23)26/h3-5,8,11-14,16,20H,6-7,9-10,15H2,1-2H3. The predicted octanol–water partition coefficient (Wildman–Crippen LogP) is 5.58. The van der Waals surface area contributed by atoms with Gasteiger partial charge in [-0.2, -0.15) is 8.42 Å². The van der Waals surface area contributed by atoms with Crippen LogP contribution in [0.5, 0.6) is 0 Å². The van der Waals surface area contributed by atoms with Crippen LogP contribution in [0.15, 0.2) is 63.0 Å². The van der Waals surface area contributed by atoms with Gasteiger partial charge in [-0.25, -0.2) is 0 Å². The van der Waals surface area contributed by atoms with Gasteiger partial charge >= 0.3 is 0 Å². The maximum atomic E-state index is 12.6. The first-order chi connectivity index (χ1) is 16.2. The second-order valence-corrected chi connectivity index (χ2v) is 12.3. The molecule has 4 rings (SSSR count). The van der Waals surface area contributed by atoms with Crippen molar-refractivity contribution in [3.63, 3.8) is 0 Å². The zero-order valence-electron chi connectivity index (χ0n) is 19.0. The van der Waals surface area contributed by atoms with Crippen LogP contribution in [0.3, 0.4) is 0 Å². The third kappa shape index (κ3) is 6.23. The highest BCUT2D eigenvalue weighted by Crippen LogP contribution is 2.37. The lowest BCUT2D eigenvalue weighted by Crippen LogP contribution is -2.34. The number of sulfonamides is 1. The topological polar surface area (TPSA) is 65.9 Å². The Bertz CT molecular complexity index is 1310. The Morgan fingerprint density at radius 2 is 1.88 bits per heavy atom. The van der Waals surface area contributed by atoms with Crippen LogP contribution in [-0.4, -0.2) is 62.0 Å². The predicted molar refractivity (Wildman–Crippen MR) is 142 cm³/mol. The second kappa shape index (κ2) is 10.8. The molecule has 0 bridgehead atoms. The smallest absolute Gasteiger partial charge is 0.285 e. The summed E-state index contributed by atoms with van der Waals surface area (Å²) in [6.07, 6.45) is 6.95. The molecule has 2 aromatic carbocycles. The van der Waals surface area contributed by atoms with Gasteiger partial charge in [-0.15, -0.1) is 16.2 Å². The molecular formula is C24H26Cl2N4O2S2. The van der Waals surface area contributed by atoms with E-state index in [0.29, 0.717) is 11.8 Å². The number of benzene rings is 2. The van der Waals surface area contributed by atoms with Crippen molar-refractivity contribution in [2.24, 2.45) is 4.40 Å². The van der Waals surface area contributed by atoms with Crippen LogP contribution in [-0.2, 0) is 16.6 Å². The van der Waals surface area contributed by atoms with E-state index in [1.54, 1.807) is 37.3 Å². The number of halogens is 2. The average molecular weight is 538 g/mol. The van der Waals surface area contributed by atoms with E-state index >= 15 is 0 Å². The molecule has 0 atom stereocenters. The molecule has 1 aliphatic rings. The maximum absolute atomic E-state index is 12.6. The number of thioether (sulfide) groups is 1.